The summed E-state index contributed by atoms with van der Waals surface area (Å²) in [6.45, 7) is 0.411. The van der Waals surface area contributed by atoms with E-state index in [4.69, 9.17) is 9.47 Å². The maximum Gasteiger partial charge on any atom is 0.328 e. The van der Waals surface area contributed by atoms with E-state index in [2.05, 4.69) is 20.0 Å². The zero-order chi connectivity index (χ0) is 22.4. The minimum absolute atomic E-state index is 0.0284. The molecule has 10 heteroatoms. The summed E-state index contributed by atoms with van der Waals surface area (Å²) in [5.74, 6) is -0.449. The predicted octanol–water partition coefficient (Wildman–Crippen LogP) is 1.57. The maximum atomic E-state index is 13.2. The molecular weight excluding hydrogens is 404 g/mol. The van der Waals surface area contributed by atoms with Crippen molar-refractivity contribution in [1.29, 1.82) is 0 Å². The van der Waals surface area contributed by atoms with E-state index >= 15 is 0 Å². The van der Waals surface area contributed by atoms with Crippen molar-refractivity contribution in [2.75, 3.05) is 27.9 Å². The van der Waals surface area contributed by atoms with Crippen molar-refractivity contribution in [1.82, 2.24) is 20.2 Å². The van der Waals surface area contributed by atoms with E-state index < -0.39 is 30.1 Å². The van der Waals surface area contributed by atoms with Crippen LogP contribution in [0.2, 0.25) is 0 Å². The van der Waals surface area contributed by atoms with E-state index in [-0.39, 0.29) is 12.8 Å². The van der Waals surface area contributed by atoms with Crippen molar-refractivity contribution in [2.45, 2.75) is 31.3 Å². The molecule has 3 rings (SSSR count). The Kier molecular flexibility index (Phi) is 7.11. The number of carbonyl (C=O) groups excluding carboxylic acids is 3. The van der Waals surface area contributed by atoms with Crippen molar-refractivity contribution in [3.05, 3.63) is 47.5 Å². The molecule has 166 valence electrons. The number of methoxy groups -OCH3 is 3. The third kappa shape index (κ3) is 4.96. The van der Waals surface area contributed by atoms with Crippen LogP contribution in [0.15, 0.2) is 30.6 Å². The molecule has 10 nitrogen and oxygen atoms in total. The van der Waals surface area contributed by atoms with Crippen molar-refractivity contribution >= 4 is 18.0 Å². The molecule has 1 aliphatic rings. The Bertz CT molecular complexity index is 943. The van der Waals surface area contributed by atoms with E-state index in [1.807, 2.05) is 24.3 Å². The topological polar surface area (TPSA) is 123 Å². The molecule has 31 heavy (non-hydrogen) atoms. The van der Waals surface area contributed by atoms with Crippen LogP contribution in [0, 0.1) is 0 Å². The molecule has 2 aromatic rings. The number of nitrogens with one attached hydrogen (secondary N) is 2. The van der Waals surface area contributed by atoms with Gasteiger partial charge in [0.15, 0.2) is 0 Å². The zero-order valence-electron chi connectivity index (χ0n) is 17.7. The predicted molar refractivity (Wildman–Crippen MR) is 109 cm³/mol. The van der Waals surface area contributed by atoms with Gasteiger partial charge in [-0.25, -0.2) is 14.6 Å². The van der Waals surface area contributed by atoms with Crippen molar-refractivity contribution in [2.24, 2.45) is 0 Å². The molecule has 0 unspecified atom stereocenters. The zero-order valence-corrected chi connectivity index (χ0v) is 17.7. The highest BCUT2D eigenvalue weighted by atomic mass is 16.5. The summed E-state index contributed by atoms with van der Waals surface area (Å²) in [7, 11) is 4.07. The first-order chi connectivity index (χ1) is 15.0. The summed E-state index contributed by atoms with van der Waals surface area (Å²) < 4.78 is 14.8. The summed E-state index contributed by atoms with van der Waals surface area (Å²) in [6, 6.07) is 5.51. The first kappa shape index (κ1) is 22.1. The lowest BCUT2D eigenvalue weighted by Crippen LogP contribution is -2.51. The molecule has 2 atom stereocenters. The molecule has 0 fully saturated rings. The van der Waals surface area contributed by atoms with Gasteiger partial charge in [0.05, 0.1) is 33.4 Å². The second-order valence-electron chi connectivity index (χ2n) is 7.03. The monoisotopic (exact) mass is 430 g/mol. The second kappa shape index (κ2) is 9.96. The number of aromatic nitrogens is 2. The molecule has 2 amide bonds. The molecule has 0 aliphatic carbocycles. The number of urea groups is 1. The molecule has 1 aromatic carbocycles. The lowest BCUT2D eigenvalue weighted by Gasteiger charge is -2.36. The fourth-order valence-corrected chi connectivity index (χ4v) is 3.63. The number of rotatable bonds is 7. The number of nitrogens with zero attached hydrogens (tertiary/aromatic N) is 2. The Hall–Kier alpha value is -3.56. The number of hydrogen-bond donors (Lipinski definition) is 2. The second-order valence-corrected chi connectivity index (χ2v) is 7.03. The normalized spacial score (nSPS) is 16.1. The smallest absolute Gasteiger partial charge is 0.328 e. The van der Waals surface area contributed by atoms with Gasteiger partial charge >= 0.3 is 18.0 Å². The number of hydrogen-bond acceptors (Lipinski definition) is 7. The van der Waals surface area contributed by atoms with Gasteiger partial charge in [0, 0.05) is 25.1 Å². The van der Waals surface area contributed by atoms with Crippen LogP contribution < -0.4 is 10.1 Å². The van der Waals surface area contributed by atoms with Gasteiger partial charge < -0.3 is 29.4 Å². The summed E-state index contributed by atoms with van der Waals surface area (Å²) in [4.78, 5) is 46.1. The molecule has 0 radical (unpaired) electrons. The lowest BCUT2D eigenvalue weighted by molar-refractivity contribution is -0.144. The minimum atomic E-state index is -0.983. The number of H-pyrrole nitrogens is 1. The highest BCUT2D eigenvalue weighted by Crippen LogP contribution is 2.34. The molecule has 2 N–H and O–H groups in total. The number of imidazole rings is 1. The van der Waals surface area contributed by atoms with Gasteiger partial charge in [-0.3, -0.25) is 4.79 Å². The number of benzene rings is 1. The first-order valence-corrected chi connectivity index (χ1v) is 9.86. The van der Waals surface area contributed by atoms with E-state index in [0.717, 1.165) is 17.0 Å². The maximum absolute atomic E-state index is 13.2. The van der Waals surface area contributed by atoms with E-state index in [0.29, 0.717) is 18.7 Å². The standard InChI is InChI=1S/C21H26N4O6/c1-29-14-6-4-5-13(11-14)19-18-15(22-12-23-18)9-10-25(19)21(28)24-16(20(27)31-3)7-8-17(26)30-2/h4-6,11-12,16,19H,7-10H2,1-3H3,(H,22,23)(H,24,28)/t16-,19-/m0/s1. The number of ether oxygens (including phenoxy) is 3. The number of amides is 2. The Balaban J connectivity index is 1.86. The Labute approximate surface area is 179 Å². The van der Waals surface area contributed by atoms with Gasteiger partial charge in [0.2, 0.25) is 0 Å². The van der Waals surface area contributed by atoms with Crippen LogP contribution in [0.5, 0.6) is 5.75 Å². The van der Waals surface area contributed by atoms with Crippen LogP contribution >= 0.6 is 0 Å². The molecule has 2 heterocycles. The number of esters is 2. The van der Waals surface area contributed by atoms with Crippen molar-refractivity contribution in [3.8, 4) is 5.75 Å². The van der Waals surface area contributed by atoms with E-state index in [1.165, 1.54) is 14.2 Å². The fourth-order valence-electron chi connectivity index (χ4n) is 3.63. The summed E-state index contributed by atoms with van der Waals surface area (Å²) >= 11 is 0. The molecule has 1 aliphatic heterocycles. The van der Waals surface area contributed by atoms with Crippen LogP contribution in [0.4, 0.5) is 4.79 Å². The van der Waals surface area contributed by atoms with Gasteiger partial charge in [-0.15, -0.1) is 0 Å². The summed E-state index contributed by atoms with van der Waals surface area (Å²) in [6.07, 6.45) is 2.23. The van der Waals surface area contributed by atoms with Crippen LogP contribution in [0.3, 0.4) is 0 Å². The number of fused-ring (bicyclic) bond motifs is 1. The Morgan fingerprint density at radius 2 is 2.06 bits per heavy atom. The van der Waals surface area contributed by atoms with Crippen molar-refractivity contribution in [3.63, 3.8) is 0 Å². The highest BCUT2D eigenvalue weighted by Gasteiger charge is 2.36. The molecule has 0 bridgehead atoms. The molecule has 0 saturated heterocycles. The van der Waals surface area contributed by atoms with Gasteiger partial charge in [0.25, 0.3) is 0 Å². The van der Waals surface area contributed by atoms with Gasteiger partial charge in [-0.05, 0) is 24.1 Å². The minimum Gasteiger partial charge on any atom is -0.497 e. The molecule has 0 spiro atoms. The highest BCUT2D eigenvalue weighted by molar-refractivity contribution is 5.84. The van der Waals surface area contributed by atoms with Crippen LogP contribution in [0.1, 0.15) is 35.8 Å². The molecule has 0 saturated carbocycles. The summed E-state index contributed by atoms with van der Waals surface area (Å²) in [5.41, 5.74) is 2.51. The lowest BCUT2D eigenvalue weighted by atomic mass is 9.95. The number of aromatic amines is 1. The van der Waals surface area contributed by atoms with E-state index in [9.17, 15) is 14.4 Å². The average molecular weight is 430 g/mol. The third-order valence-corrected chi connectivity index (χ3v) is 5.24. The summed E-state index contributed by atoms with van der Waals surface area (Å²) in [5, 5.41) is 2.70. The van der Waals surface area contributed by atoms with Crippen LogP contribution in [0.25, 0.3) is 0 Å². The molecule has 1 aromatic heterocycles. The SMILES string of the molecule is COC(=O)CC[C@H](NC(=O)N1CCc2[nH]cnc2[C@@H]1c1cccc(OC)c1)C(=O)OC. The Morgan fingerprint density at radius 3 is 2.77 bits per heavy atom. The first-order valence-electron chi connectivity index (χ1n) is 9.86. The van der Waals surface area contributed by atoms with Crippen LogP contribution in [-0.4, -0.2) is 66.8 Å². The Morgan fingerprint density at radius 1 is 1.26 bits per heavy atom. The fraction of sp³-hybridized carbons (Fsp3) is 0.429. The quantitative estimate of drug-likeness (QED) is 0.639. The van der Waals surface area contributed by atoms with Crippen molar-refractivity contribution < 1.29 is 28.6 Å². The van der Waals surface area contributed by atoms with Crippen LogP contribution in [-0.2, 0) is 25.5 Å². The number of carbonyl (C=O) groups is 3. The average Bonchev–Trinajstić information content (AvgIpc) is 3.29. The molecular formula is C21H26N4O6. The largest absolute Gasteiger partial charge is 0.497 e. The van der Waals surface area contributed by atoms with Gasteiger partial charge in [0.1, 0.15) is 17.8 Å². The van der Waals surface area contributed by atoms with Gasteiger partial charge in [-0.2, -0.15) is 0 Å². The third-order valence-electron chi connectivity index (χ3n) is 5.24. The van der Waals surface area contributed by atoms with E-state index in [1.54, 1.807) is 18.3 Å². The van der Waals surface area contributed by atoms with Gasteiger partial charge in [-0.1, -0.05) is 12.1 Å².